The topological polar surface area (TPSA) is 122 Å². The van der Waals surface area contributed by atoms with Crippen LogP contribution in [-0.2, 0) is 37.5 Å². The van der Waals surface area contributed by atoms with Gasteiger partial charge in [0.2, 0.25) is 13.9 Å². The number of ether oxygens (including phenoxy) is 5. The van der Waals surface area contributed by atoms with Crippen molar-refractivity contribution in [3.8, 4) is 12.3 Å². The van der Waals surface area contributed by atoms with Crippen molar-refractivity contribution in [2.24, 2.45) is 0 Å². The molecule has 0 aromatic rings. The highest BCUT2D eigenvalue weighted by molar-refractivity contribution is 7.44. The summed E-state index contributed by atoms with van der Waals surface area (Å²) in [5.74, 6) is 2.02. The van der Waals surface area contributed by atoms with Gasteiger partial charge in [-0.15, -0.1) is 6.42 Å². The first kappa shape index (κ1) is 34.6. The van der Waals surface area contributed by atoms with E-state index in [1.807, 2.05) is 27.7 Å². The Morgan fingerprint density at radius 3 is 2.03 bits per heavy atom. The quantitative estimate of drug-likeness (QED) is 0.0657. The van der Waals surface area contributed by atoms with E-state index in [-0.39, 0.29) is 64.2 Å². The van der Waals surface area contributed by atoms with Gasteiger partial charge in [-0.25, -0.2) is 11.2 Å². The lowest BCUT2D eigenvalue weighted by molar-refractivity contribution is -0.127. The molecule has 13 heteroatoms. The van der Waals surface area contributed by atoms with Gasteiger partial charge in [0.25, 0.3) is 8.53 Å². The van der Waals surface area contributed by atoms with Gasteiger partial charge in [-0.2, -0.15) is 0 Å². The van der Waals surface area contributed by atoms with Crippen molar-refractivity contribution in [2.45, 2.75) is 45.8 Å². The second kappa shape index (κ2) is 25.8. The van der Waals surface area contributed by atoms with Crippen LogP contribution in [0, 0.1) is 18.9 Å². The summed E-state index contributed by atoms with van der Waals surface area (Å²) < 4.78 is 47.6. The Hall–Kier alpha value is -1.41. The first-order valence-corrected chi connectivity index (χ1v) is 13.9. The molecular weight excluding hydrogens is 517 g/mol. The third kappa shape index (κ3) is 20.5. The van der Waals surface area contributed by atoms with Gasteiger partial charge in [-0.05, 0) is 27.7 Å². The number of hydrogen-bond acceptors (Lipinski definition) is 10. The first-order valence-electron chi connectivity index (χ1n) is 13.1. The summed E-state index contributed by atoms with van der Waals surface area (Å²) in [6, 6.07) is -0.269. The van der Waals surface area contributed by atoms with Gasteiger partial charge in [0.1, 0.15) is 19.8 Å². The maximum absolute atomic E-state index is 12.3. The fourth-order valence-corrected chi connectivity index (χ4v) is 4.58. The summed E-state index contributed by atoms with van der Waals surface area (Å²) in [6.07, 6.45) is 5.07. The van der Waals surface area contributed by atoms with Gasteiger partial charge in [-0.1, -0.05) is 5.92 Å². The summed E-state index contributed by atoms with van der Waals surface area (Å²) in [5, 5.41) is 7.25. The number of nitrogens with zero attached hydrogens (tertiary/aromatic N) is 2. The predicted molar refractivity (Wildman–Crippen MR) is 144 cm³/mol. The van der Waals surface area contributed by atoms with Gasteiger partial charge in [0.05, 0.1) is 72.1 Å². The molecule has 0 aliphatic heterocycles. The van der Waals surface area contributed by atoms with E-state index >= 15 is 0 Å². The largest absolute Gasteiger partial charge is 0.394 e. The molecule has 0 spiro atoms. The van der Waals surface area contributed by atoms with E-state index in [0.717, 1.165) is 0 Å². The minimum absolute atomic E-state index is 0.0615. The van der Waals surface area contributed by atoms with Crippen molar-refractivity contribution < 1.29 is 42.6 Å². The Balaban J connectivity index is 4.14. The van der Waals surface area contributed by atoms with Gasteiger partial charge in [0, 0.05) is 12.1 Å². The normalized spacial score (nSPS) is 13.3. The molecule has 38 heavy (non-hydrogen) atoms. The molecule has 0 aromatic heterocycles. The van der Waals surface area contributed by atoms with Gasteiger partial charge in [-0.3, -0.25) is 4.79 Å². The minimum atomic E-state index is -1.47. The van der Waals surface area contributed by atoms with Crippen LogP contribution in [0.1, 0.15) is 27.7 Å². The number of aliphatic hydroxyl groups is 1. The van der Waals surface area contributed by atoms with E-state index in [1.165, 1.54) is 0 Å². The average molecular weight is 565 g/mol. The van der Waals surface area contributed by atoms with Crippen LogP contribution in [0.3, 0.4) is 0 Å². The van der Waals surface area contributed by atoms with Crippen LogP contribution in [0.2, 0.25) is 0 Å². The lowest BCUT2D eigenvalue weighted by Gasteiger charge is -2.35. The van der Waals surface area contributed by atoms with Crippen molar-refractivity contribution >= 4 is 14.4 Å². The number of carbonyl (C=O) groups excluding carboxylic acids is 1. The van der Waals surface area contributed by atoms with Crippen molar-refractivity contribution in [1.82, 2.24) is 9.99 Å². The standard InChI is InChI=1S/C25H46N3O9P/c1-7-9-31-11-12-32-13-14-33-15-16-34-17-18-35-21-25(30)27-24(19-29)20-37-38(36-10-8-26-6)28(22(2)3)23(4)5/h1,22-24,29H,8-21H2,2-5H3,(H,27,30)/i29D. The fourth-order valence-electron chi connectivity index (χ4n) is 2.94. The van der Waals surface area contributed by atoms with Crippen molar-refractivity contribution in [2.75, 3.05) is 92.4 Å². The summed E-state index contributed by atoms with van der Waals surface area (Å²) >= 11 is 0. The second-order valence-corrected chi connectivity index (χ2v) is 9.85. The molecule has 0 aliphatic rings. The molecule has 1 amide bonds. The number of amides is 1. The number of carbonyl (C=O) groups is 1. The van der Waals surface area contributed by atoms with E-state index in [2.05, 4.69) is 25.9 Å². The van der Waals surface area contributed by atoms with Crippen LogP contribution < -0.4 is 5.32 Å². The smallest absolute Gasteiger partial charge is 0.259 e. The molecule has 2 unspecified atom stereocenters. The van der Waals surface area contributed by atoms with E-state index in [1.54, 1.807) is 0 Å². The lowest BCUT2D eigenvalue weighted by atomic mass is 10.3. The van der Waals surface area contributed by atoms with E-state index in [0.29, 0.717) is 46.2 Å². The van der Waals surface area contributed by atoms with E-state index < -0.39 is 14.6 Å². The average Bonchev–Trinajstić information content (AvgIpc) is 2.89. The Morgan fingerprint density at radius 1 is 0.974 bits per heavy atom. The third-order valence-corrected chi connectivity index (χ3v) is 6.58. The van der Waals surface area contributed by atoms with E-state index in [4.69, 9.17) is 47.2 Å². The lowest BCUT2D eigenvalue weighted by Crippen LogP contribution is -2.43. The van der Waals surface area contributed by atoms with Crippen LogP contribution in [0.5, 0.6) is 0 Å². The summed E-state index contributed by atoms with van der Waals surface area (Å²) in [5.41, 5.74) is 0. The molecule has 12 nitrogen and oxygen atoms in total. The van der Waals surface area contributed by atoms with Crippen molar-refractivity contribution in [3.63, 3.8) is 0 Å². The summed E-state index contributed by atoms with van der Waals surface area (Å²) in [7, 11) is -1.47. The maximum Gasteiger partial charge on any atom is 0.259 e. The van der Waals surface area contributed by atoms with Crippen LogP contribution >= 0.6 is 8.53 Å². The second-order valence-electron chi connectivity index (χ2n) is 8.39. The Morgan fingerprint density at radius 2 is 1.53 bits per heavy atom. The predicted octanol–water partition coefficient (Wildman–Crippen LogP) is 1.48. The van der Waals surface area contributed by atoms with Crippen molar-refractivity contribution in [1.29, 1.82) is 1.43 Å². The number of hydrogen-bond donors (Lipinski definition) is 2. The molecule has 0 saturated heterocycles. The van der Waals surface area contributed by atoms with Gasteiger partial charge < -0.3 is 48.0 Å². The number of terminal acetylenes is 1. The summed E-state index contributed by atoms with van der Waals surface area (Å²) in [6.45, 7) is 18.9. The third-order valence-electron chi connectivity index (χ3n) is 4.51. The van der Waals surface area contributed by atoms with Gasteiger partial charge >= 0.3 is 0 Å². The zero-order chi connectivity index (χ0) is 29.1. The highest BCUT2D eigenvalue weighted by Crippen LogP contribution is 2.45. The molecule has 0 aromatic carbocycles. The van der Waals surface area contributed by atoms with Crippen LogP contribution in [0.25, 0.3) is 4.85 Å². The summed E-state index contributed by atoms with van der Waals surface area (Å²) in [4.78, 5) is 15.6. The monoisotopic (exact) mass is 564 g/mol. The fraction of sp³-hybridized carbons (Fsp3) is 0.840. The number of nitrogens with one attached hydrogen (secondary N) is 1. The highest BCUT2D eigenvalue weighted by Gasteiger charge is 2.28. The van der Waals surface area contributed by atoms with Crippen LogP contribution in [0.4, 0.5) is 0 Å². The molecule has 2 N–H and O–H groups in total. The molecule has 2 atom stereocenters. The Bertz CT molecular complexity index is 672. The molecule has 220 valence electrons. The molecule has 0 fully saturated rings. The molecule has 0 rings (SSSR count). The molecule has 0 radical (unpaired) electrons. The SMILES string of the molecule is [2H]OCC(COP(OCC[N+]#[C-])N(C(C)C)C(C)C)NC(=O)COCCOCCOCCOCCOCC#C. The van der Waals surface area contributed by atoms with E-state index in [9.17, 15) is 4.79 Å². The minimum Gasteiger partial charge on any atom is -0.394 e. The maximum atomic E-state index is 12.3. The Labute approximate surface area is 230 Å². The molecule has 0 heterocycles. The number of rotatable bonds is 27. The molecule has 0 aliphatic carbocycles. The van der Waals surface area contributed by atoms with Gasteiger partial charge in [0.15, 0.2) is 0 Å². The zero-order valence-electron chi connectivity index (χ0n) is 24.2. The van der Waals surface area contributed by atoms with Crippen LogP contribution in [0.15, 0.2) is 0 Å². The molecule has 0 saturated carbocycles. The zero-order valence-corrected chi connectivity index (χ0v) is 24.1. The molecular formula is C25H46N3O9P. The first-order chi connectivity index (χ1) is 18.9. The Kier molecular flexibility index (Phi) is 23.5. The van der Waals surface area contributed by atoms with Crippen molar-refractivity contribution in [3.05, 3.63) is 11.4 Å². The highest BCUT2D eigenvalue weighted by atomic mass is 31.2. The number of aliphatic hydroxyl groups excluding tert-OH is 1. The van der Waals surface area contributed by atoms with Crippen LogP contribution in [-0.4, -0.2) is 128 Å². The molecule has 0 bridgehead atoms.